The van der Waals surface area contributed by atoms with Crippen molar-refractivity contribution in [3.63, 3.8) is 0 Å². The number of nitrogens with zero attached hydrogens (tertiary/aromatic N) is 2. The quantitative estimate of drug-likeness (QED) is 0.804. The van der Waals surface area contributed by atoms with Crippen LogP contribution in [0.2, 0.25) is 0 Å². The van der Waals surface area contributed by atoms with Crippen LogP contribution in [0.4, 0.5) is 0 Å². The molecule has 6 heteroatoms. The Bertz CT molecular complexity index is 420. The molecular formula is C14H22N2O3S. The van der Waals surface area contributed by atoms with Crippen LogP contribution in [0.5, 0.6) is 0 Å². The SMILES string of the molecule is CCOCC1CCN(Cc2ncc(C3OCCO3)s2)C1. The van der Waals surface area contributed by atoms with Crippen molar-refractivity contribution in [3.05, 3.63) is 16.1 Å². The third kappa shape index (κ3) is 3.56. The van der Waals surface area contributed by atoms with Gasteiger partial charge in [0.1, 0.15) is 5.01 Å². The van der Waals surface area contributed by atoms with Crippen LogP contribution < -0.4 is 0 Å². The third-order valence-electron chi connectivity index (χ3n) is 3.71. The zero-order chi connectivity index (χ0) is 13.8. The highest BCUT2D eigenvalue weighted by atomic mass is 32.1. The number of hydrogen-bond acceptors (Lipinski definition) is 6. The van der Waals surface area contributed by atoms with Gasteiger partial charge < -0.3 is 14.2 Å². The van der Waals surface area contributed by atoms with E-state index in [1.54, 1.807) is 11.3 Å². The first-order chi connectivity index (χ1) is 9.85. The van der Waals surface area contributed by atoms with E-state index < -0.39 is 0 Å². The zero-order valence-corrected chi connectivity index (χ0v) is 12.7. The highest BCUT2D eigenvalue weighted by Gasteiger charge is 2.25. The molecule has 1 aromatic heterocycles. The van der Waals surface area contributed by atoms with Crippen molar-refractivity contribution in [3.8, 4) is 0 Å². The first-order valence-electron chi connectivity index (χ1n) is 7.33. The molecule has 0 aromatic carbocycles. The Kier molecular flexibility index (Phi) is 5.01. The van der Waals surface area contributed by atoms with E-state index in [-0.39, 0.29) is 6.29 Å². The molecule has 0 N–H and O–H groups in total. The third-order valence-corrected chi connectivity index (χ3v) is 4.72. The lowest BCUT2D eigenvalue weighted by atomic mass is 10.1. The standard InChI is InChI=1S/C14H22N2O3S/c1-2-17-10-11-3-4-16(8-11)9-13-15-7-12(20-13)14-18-5-6-19-14/h7,11,14H,2-6,8-10H2,1H3. The number of hydrogen-bond donors (Lipinski definition) is 0. The molecule has 3 rings (SSSR count). The predicted octanol–water partition coefficient (Wildman–Crippen LogP) is 2.05. The van der Waals surface area contributed by atoms with Crippen molar-refractivity contribution in [1.82, 2.24) is 9.88 Å². The van der Waals surface area contributed by atoms with E-state index in [4.69, 9.17) is 14.2 Å². The summed E-state index contributed by atoms with van der Waals surface area (Å²) in [6.07, 6.45) is 2.93. The maximum Gasteiger partial charge on any atom is 0.194 e. The molecule has 2 aliphatic heterocycles. The predicted molar refractivity (Wildman–Crippen MR) is 76.6 cm³/mol. The van der Waals surface area contributed by atoms with E-state index >= 15 is 0 Å². The van der Waals surface area contributed by atoms with E-state index in [9.17, 15) is 0 Å². The van der Waals surface area contributed by atoms with E-state index in [1.165, 1.54) is 6.42 Å². The number of rotatable bonds is 6. The lowest BCUT2D eigenvalue weighted by Crippen LogP contribution is -2.21. The molecule has 1 unspecified atom stereocenters. The first-order valence-corrected chi connectivity index (χ1v) is 8.14. The van der Waals surface area contributed by atoms with Gasteiger partial charge in [0.2, 0.25) is 0 Å². The van der Waals surface area contributed by atoms with Gasteiger partial charge in [0, 0.05) is 19.3 Å². The number of aromatic nitrogens is 1. The summed E-state index contributed by atoms with van der Waals surface area (Å²) in [6.45, 7) is 8.31. The van der Waals surface area contributed by atoms with Crippen LogP contribution in [0.25, 0.3) is 0 Å². The zero-order valence-electron chi connectivity index (χ0n) is 11.9. The summed E-state index contributed by atoms with van der Waals surface area (Å²) in [4.78, 5) is 8.04. The maximum absolute atomic E-state index is 5.51. The topological polar surface area (TPSA) is 43.8 Å². The van der Waals surface area contributed by atoms with Crippen LogP contribution >= 0.6 is 11.3 Å². The van der Waals surface area contributed by atoms with Gasteiger partial charge in [0.05, 0.1) is 31.2 Å². The Morgan fingerprint density at radius 3 is 3.10 bits per heavy atom. The monoisotopic (exact) mass is 298 g/mol. The molecule has 1 atom stereocenters. The van der Waals surface area contributed by atoms with Crippen molar-refractivity contribution in [2.45, 2.75) is 26.2 Å². The number of ether oxygens (including phenoxy) is 3. The van der Waals surface area contributed by atoms with E-state index in [2.05, 4.69) is 16.8 Å². The molecule has 5 nitrogen and oxygen atoms in total. The fourth-order valence-electron chi connectivity index (χ4n) is 2.70. The van der Waals surface area contributed by atoms with Crippen LogP contribution in [0.15, 0.2) is 6.20 Å². The van der Waals surface area contributed by atoms with Gasteiger partial charge in [-0.15, -0.1) is 11.3 Å². The van der Waals surface area contributed by atoms with Crippen LogP contribution in [0, 0.1) is 5.92 Å². The highest BCUT2D eigenvalue weighted by molar-refractivity contribution is 7.11. The summed E-state index contributed by atoms with van der Waals surface area (Å²) in [6, 6.07) is 0. The summed E-state index contributed by atoms with van der Waals surface area (Å²) < 4.78 is 16.5. The molecule has 0 bridgehead atoms. The molecule has 2 fully saturated rings. The molecule has 20 heavy (non-hydrogen) atoms. The molecule has 1 aromatic rings. The van der Waals surface area contributed by atoms with Crippen LogP contribution in [0.3, 0.4) is 0 Å². The minimum absolute atomic E-state index is 0.189. The molecule has 0 spiro atoms. The second-order valence-electron chi connectivity index (χ2n) is 5.28. The second kappa shape index (κ2) is 6.95. The Morgan fingerprint density at radius 2 is 2.30 bits per heavy atom. The largest absolute Gasteiger partial charge is 0.381 e. The molecule has 0 amide bonds. The summed E-state index contributed by atoms with van der Waals surface area (Å²) in [7, 11) is 0. The molecule has 0 aliphatic carbocycles. The smallest absolute Gasteiger partial charge is 0.194 e. The van der Waals surface area contributed by atoms with Gasteiger partial charge in [-0.05, 0) is 25.8 Å². The van der Waals surface area contributed by atoms with E-state index in [0.29, 0.717) is 19.1 Å². The van der Waals surface area contributed by atoms with Crippen molar-refractivity contribution < 1.29 is 14.2 Å². The summed E-state index contributed by atoms with van der Waals surface area (Å²) in [5.74, 6) is 0.677. The fourth-order valence-corrected chi connectivity index (χ4v) is 3.66. The molecule has 112 valence electrons. The second-order valence-corrected chi connectivity index (χ2v) is 6.43. The van der Waals surface area contributed by atoms with Crippen LogP contribution in [0.1, 0.15) is 29.5 Å². The van der Waals surface area contributed by atoms with Gasteiger partial charge in [-0.25, -0.2) is 4.98 Å². The molecule has 2 aliphatic rings. The number of likely N-dealkylation sites (tertiary alicyclic amines) is 1. The molecule has 0 radical (unpaired) electrons. The van der Waals surface area contributed by atoms with Crippen molar-refractivity contribution in [2.75, 3.05) is 39.5 Å². The van der Waals surface area contributed by atoms with E-state index in [0.717, 1.165) is 42.7 Å². The average molecular weight is 298 g/mol. The van der Waals surface area contributed by atoms with Gasteiger partial charge in [0.25, 0.3) is 0 Å². The lowest BCUT2D eigenvalue weighted by Gasteiger charge is -2.14. The normalized spacial score (nSPS) is 24.8. The Labute approximate surface area is 123 Å². The molecule has 3 heterocycles. The van der Waals surface area contributed by atoms with Gasteiger partial charge in [0.15, 0.2) is 6.29 Å². The summed E-state index contributed by atoms with van der Waals surface area (Å²) in [5.41, 5.74) is 0. The Hall–Kier alpha value is -0.530. The number of thiazole rings is 1. The lowest BCUT2D eigenvalue weighted by molar-refractivity contribution is -0.0414. The maximum atomic E-state index is 5.51. The minimum atomic E-state index is -0.189. The van der Waals surface area contributed by atoms with Crippen molar-refractivity contribution >= 4 is 11.3 Å². The Morgan fingerprint density at radius 1 is 1.45 bits per heavy atom. The fraction of sp³-hybridized carbons (Fsp3) is 0.786. The van der Waals surface area contributed by atoms with Gasteiger partial charge >= 0.3 is 0 Å². The average Bonchev–Trinajstić information content (AvgIpc) is 3.18. The molecule has 0 saturated carbocycles. The first kappa shape index (κ1) is 14.4. The van der Waals surface area contributed by atoms with Gasteiger partial charge in [-0.3, -0.25) is 4.90 Å². The van der Waals surface area contributed by atoms with Crippen molar-refractivity contribution in [1.29, 1.82) is 0 Å². The molecule has 2 saturated heterocycles. The molecular weight excluding hydrogens is 276 g/mol. The van der Waals surface area contributed by atoms with Crippen molar-refractivity contribution in [2.24, 2.45) is 5.92 Å². The van der Waals surface area contributed by atoms with Crippen LogP contribution in [-0.2, 0) is 20.8 Å². The Balaban J connectivity index is 1.48. The van der Waals surface area contributed by atoms with Gasteiger partial charge in [-0.2, -0.15) is 0 Å². The highest BCUT2D eigenvalue weighted by Crippen LogP contribution is 2.29. The van der Waals surface area contributed by atoms with E-state index in [1.807, 2.05) is 6.20 Å². The van der Waals surface area contributed by atoms with Crippen LogP contribution in [-0.4, -0.2) is 49.4 Å². The minimum Gasteiger partial charge on any atom is -0.381 e. The van der Waals surface area contributed by atoms with Gasteiger partial charge in [-0.1, -0.05) is 0 Å². The summed E-state index contributed by atoms with van der Waals surface area (Å²) in [5, 5.41) is 1.15. The summed E-state index contributed by atoms with van der Waals surface area (Å²) >= 11 is 1.70.